The smallest absolute Gasteiger partial charge is 0.264 e. The summed E-state index contributed by atoms with van der Waals surface area (Å²) in [7, 11) is -4.29. The SMILES string of the molecule is CC(C)CNC(=O)[C@H](Cc1ccccc1)N(Cc1ccc(Br)cc1)C(=O)CN(c1cccc(Cl)c1Cl)S(=O)(=O)c1ccccc1. The number of anilines is 1. The number of carbonyl (C=O) groups excluding carboxylic acids is 2. The van der Waals surface area contributed by atoms with E-state index in [-0.39, 0.29) is 45.4 Å². The molecule has 0 aliphatic heterocycles. The normalized spacial score (nSPS) is 12.0. The summed E-state index contributed by atoms with van der Waals surface area (Å²) in [5, 5.41) is 3.10. The number of halogens is 3. The molecule has 0 aromatic heterocycles. The first-order valence-electron chi connectivity index (χ1n) is 14.3. The maximum absolute atomic E-state index is 14.5. The van der Waals surface area contributed by atoms with Crippen molar-refractivity contribution in [2.24, 2.45) is 5.92 Å². The van der Waals surface area contributed by atoms with Gasteiger partial charge in [0, 0.05) is 24.0 Å². The molecule has 0 saturated carbocycles. The van der Waals surface area contributed by atoms with Crippen LogP contribution in [0.5, 0.6) is 0 Å². The molecular formula is C34H34BrCl2N3O4S. The lowest BCUT2D eigenvalue weighted by molar-refractivity contribution is -0.140. The molecule has 0 fully saturated rings. The van der Waals surface area contributed by atoms with E-state index >= 15 is 0 Å². The molecule has 2 amide bonds. The van der Waals surface area contributed by atoms with Crippen LogP contribution in [0.15, 0.2) is 112 Å². The van der Waals surface area contributed by atoms with E-state index in [1.54, 1.807) is 24.3 Å². The van der Waals surface area contributed by atoms with E-state index in [1.807, 2.05) is 68.4 Å². The van der Waals surface area contributed by atoms with Crippen LogP contribution in [0, 0.1) is 5.92 Å². The molecule has 4 aromatic carbocycles. The summed E-state index contributed by atoms with van der Waals surface area (Å²) in [6.07, 6.45) is 0.219. The van der Waals surface area contributed by atoms with E-state index < -0.39 is 28.5 Å². The van der Waals surface area contributed by atoms with E-state index in [0.29, 0.717) is 6.54 Å². The predicted molar refractivity (Wildman–Crippen MR) is 184 cm³/mol. The number of rotatable bonds is 13. The molecule has 0 spiro atoms. The molecule has 0 saturated heterocycles. The Kier molecular flexibility index (Phi) is 12.1. The average Bonchev–Trinajstić information content (AvgIpc) is 3.03. The molecule has 7 nitrogen and oxygen atoms in total. The lowest BCUT2D eigenvalue weighted by Gasteiger charge is -2.34. The molecular weight excluding hydrogens is 697 g/mol. The second-order valence-electron chi connectivity index (χ2n) is 10.9. The Morgan fingerprint density at radius 1 is 0.822 bits per heavy atom. The van der Waals surface area contributed by atoms with E-state index in [1.165, 1.54) is 29.2 Å². The highest BCUT2D eigenvalue weighted by atomic mass is 79.9. The van der Waals surface area contributed by atoms with Crippen LogP contribution in [0.1, 0.15) is 25.0 Å². The molecule has 0 aliphatic carbocycles. The number of amides is 2. The van der Waals surface area contributed by atoms with Crippen LogP contribution < -0.4 is 9.62 Å². The van der Waals surface area contributed by atoms with Gasteiger partial charge in [-0.15, -0.1) is 0 Å². The van der Waals surface area contributed by atoms with Crippen molar-refractivity contribution >= 4 is 66.7 Å². The largest absolute Gasteiger partial charge is 0.354 e. The maximum Gasteiger partial charge on any atom is 0.264 e. The molecule has 0 bridgehead atoms. The second-order valence-corrected chi connectivity index (χ2v) is 14.5. The first-order chi connectivity index (χ1) is 21.5. The first-order valence-corrected chi connectivity index (χ1v) is 17.3. The van der Waals surface area contributed by atoms with E-state index in [4.69, 9.17) is 23.2 Å². The van der Waals surface area contributed by atoms with Crippen molar-refractivity contribution < 1.29 is 18.0 Å². The van der Waals surface area contributed by atoms with Crippen LogP contribution >= 0.6 is 39.1 Å². The maximum atomic E-state index is 14.5. The minimum atomic E-state index is -4.29. The van der Waals surface area contributed by atoms with Crippen LogP contribution in [-0.4, -0.2) is 44.3 Å². The van der Waals surface area contributed by atoms with Crippen molar-refractivity contribution in [3.8, 4) is 0 Å². The Morgan fingerprint density at radius 2 is 1.44 bits per heavy atom. The van der Waals surface area contributed by atoms with Gasteiger partial charge in [0.05, 0.1) is 20.6 Å². The fraction of sp³-hybridized carbons (Fsp3) is 0.235. The monoisotopic (exact) mass is 729 g/mol. The van der Waals surface area contributed by atoms with Gasteiger partial charge in [0.25, 0.3) is 10.0 Å². The summed E-state index contributed by atoms with van der Waals surface area (Å²) in [6, 6.07) is 28.2. The van der Waals surface area contributed by atoms with Crippen LogP contribution in [0.25, 0.3) is 0 Å². The van der Waals surface area contributed by atoms with E-state index in [2.05, 4.69) is 21.2 Å². The molecule has 0 unspecified atom stereocenters. The zero-order chi connectivity index (χ0) is 32.6. The Labute approximate surface area is 283 Å². The summed E-state index contributed by atoms with van der Waals surface area (Å²) in [6.45, 7) is 3.81. The van der Waals surface area contributed by atoms with Gasteiger partial charge < -0.3 is 10.2 Å². The minimum absolute atomic E-state index is 0.0126. The standard InChI is InChI=1S/C34H34BrCl2N3O4S/c1-24(2)21-38-34(42)31(20-25-10-5-3-6-11-25)39(22-26-16-18-27(35)19-17-26)32(41)23-40(30-15-9-14-29(36)33(30)37)45(43,44)28-12-7-4-8-13-28/h3-19,24,31H,20-23H2,1-2H3,(H,38,42)/t31-/m0/s1. The third kappa shape index (κ3) is 9.10. The molecule has 236 valence electrons. The fourth-order valence-electron chi connectivity index (χ4n) is 4.68. The van der Waals surface area contributed by atoms with Crippen molar-refractivity contribution in [3.05, 3.63) is 129 Å². The lowest BCUT2D eigenvalue weighted by atomic mass is 10.0. The molecule has 4 aromatic rings. The predicted octanol–water partition coefficient (Wildman–Crippen LogP) is 7.36. The fourth-order valence-corrected chi connectivity index (χ4v) is 6.84. The molecule has 1 atom stereocenters. The number of sulfonamides is 1. The van der Waals surface area contributed by atoms with Gasteiger partial charge in [-0.2, -0.15) is 0 Å². The van der Waals surface area contributed by atoms with Crippen molar-refractivity contribution in [2.75, 3.05) is 17.4 Å². The summed E-state index contributed by atoms with van der Waals surface area (Å²) >= 11 is 16.3. The van der Waals surface area contributed by atoms with Gasteiger partial charge in [-0.25, -0.2) is 8.42 Å². The van der Waals surface area contributed by atoms with Gasteiger partial charge in [-0.3, -0.25) is 13.9 Å². The van der Waals surface area contributed by atoms with Crippen LogP contribution in [0.4, 0.5) is 5.69 Å². The second kappa shape index (κ2) is 15.8. The number of carbonyl (C=O) groups is 2. The van der Waals surface area contributed by atoms with Crippen LogP contribution in [0.3, 0.4) is 0 Å². The summed E-state index contributed by atoms with van der Waals surface area (Å²) < 4.78 is 30.0. The third-order valence-corrected chi connectivity index (χ3v) is 10.1. The Balaban J connectivity index is 1.82. The molecule has 45 heavy (non-hydrogen) atoms. The molecule has 0 radical (unpaired) electrons. The zero-order valence-electron chi connectivity index (χ0n) is 24.9. The lowest BCUT2D eigenvalue weighted by Crippen LogP contribution is -2.53. The summed E-state index contributed by atoms with van der Waals surface area (Å²) in [5.41, 5.74) is 1.66. The summed E-state index contributed by atoms with van der Waals surface area (Å²) in [4.78, 5) is 29.8. The van der Waals surface area contributed by atoms with Crippen molar-refractivity contribution in [1.82, 2.24) is 10.2 Å². The topological polar surface area (TPSA) is 86.8 Å². The van der Waals surface area contributed by atoms with Crippen LogP contribution in [-0.2, 0) is 32.6 Å². The Bertz CT molecular complexity index is 1710. The highest BCUT2D eigenvalue weighted by Crippen LogP contribution is 2.35. The van der Waals surface area contributed by atoms with Crippen molar-refractivity contribution in [1.29, 1.82) is 0 Å². The van der Waals surface area contributed by atoms with Gasteiger partial charge in [0.2, 0.25) is 11.8 Å². The molecule has 0 heterocycles. The number of nitrogens with zero attached hydrogens (tertiary/aromatic N) is 2. The first kappa shape index (κ1) is 34.5. The van der Waals surface area contributed by atoms with Gasteiger partial charge >= 0.3 is 0 Å². The number of nitrogens with one attached hydrogen (secondary N) is 1. The van der Waals surface area contributed by atoms with E-state index in [9.17, 15) is 18.0 Å². The number of benzene rings is 4. The van der Waals surface area contributed by atoms with Gasteiger partial charge in [-0.1, -0.05) is 120 Å². The van der Waals surface area contributed by atoms with Crippen molar-refractivity contribution in [3.63, 3.8) is 0 Å². The highest BCUT2D eigenvalue weighted by Gasteiger charge is 2.35. The zero-order valence-corrected chi connectivity index (χ0v) is 28.8. The van der Waals surface area contributed by atoms with Gasteiger partial charge in [0.1, 0.15) is 12.6 Å². The quantitative estimate of drug-likeness (QED) is 0.156. The Morgan fingerprint density at radius 3 is 2.07 bits per heavy atom. The average molecular weight is 732 g/mol. The summed E-state index contributed by atoms with van der Waals surface area (Å²) in [5.74, 6) is -0.746. The minimum Gasteiger partial charge on any atom is -0.354 e. The third-order valence-electron chi connectivity index (χ3n) is 7.03. The number of hydrogen-bond acceptors (Lipinski definition) is 4. The van der Waals surface area contributed by atoms with Crippen LogP contribution in [0.2, 0.25) is 10.0 Å². The highest BCUT2D eigenvalue weighted by molar-refractivity contribution is 9.10. The van der Waals surface area contributed by atoms with Gasteiger partial charge in [-0.05, 0) is 53.4 Å². The van der Waals surface area contributed by atoms with Gasteiger partial charge in [0.15, 0.2) is 0 Å². The number of hydrogen-bond donors (Lipinski definition) is 1. The Hall–Kier alpha value is -3.37. The van der Waals surface area contributed by atoms with Crippen molar-refractivity contribution in [2.45, 2.75) is 37.8 Å². The van der Waals surface area contributed by atoms with E-state index in [0.717, 1.165) is 19.9 Å². The molecule has 4 rings (SSSR count). The molecule has 0 aliphatic rings. The molecule has 11 heteroatoms. The molecule has 1 N–H and O–H groups in total.